The monoisotopic (exact) mass is 1650 g/mol. The minimum absolute atomic E-state index is 0.0629. The second kappa shape index (κ2) is 32.2. The van der Waals surface area contributed by atoms with Crippen molar-refractivity contribution in [2.45, 2.75) is 344 Å². The van der Waals surface area contributed by atoms with Gasteiger partial charge in [0.05, 0.1) is 11.7 Å². The fourth-order valence-electron chi connectivity index (χ4n) is 28.1. The number of terminal acetylenes is 4. The summed E-state index contributed by atoms with van der Waals surface area (Å²) in [6.45, 7) is 33.7. The number of ether oxygens (including phenoxy) is 1. The first-order chi connectivity index (χ1) is 50.5. The molecule has 12 fully saturated rings. The van der Waals surface area contributed by atoms with Gasteiger partial charge in [0.25, 0.3) is 0 Å². The number of carbonyl (C=O) groups is 3. The molecule has 604 valence electrons. The predicted octanol–water partition coefficient (Wildman–Crippen LogP) is 20.0. The van der Waals surface area contributed by atoms with Crippen LogP contribution in [0.25, 0.3) is 0 Å². The zero-order valence-electron chi connectivity index (χ0n) is 69.2. The topological polar surface area (TPSA) is 191 Å². The van der Waals surface area contributed by atoms with Gasteiger partial charge >= 0.3 is 45.0 Å². The minimum atomic E-state index is -1.03. The van der Waals surface area contributed by atoms with Gasteiger partial charge in [0.1, 0.15) is 22.4 Å². The Morgan fingerprint density at radius 1 is 0.435 bits per heavy atom. The van der Waals surface area contributed by atoms with Crippen molar-refractivity contribution < 1.29 is 67.6 Å². The number of rotatable bonds is 0. The Balaban J connectivity index is 0.000000144. The van der Waals surface area contributed by atoms with E-state index in [0.717, 1.165) is 145 Å². The molecular formula is C95H140CuIO11. The first-order valence-electron chi connectivity index (χ1n) is 42.4. The van der Waals surface area contributed by atoms with Crippen LogP contribution < -0.4 is 0 Å². The van der Waals surface area contributed by atoms with E-state index < -0.39 is 39.9 Å². The number of hydrogen-bond acceptors (Lipinski definition) is 11. The van der Waals surface area contributed by atoms with Crippen LogP contribution in [0.4, 0.5) is 0 Å². The van der Waals surface area contributed by atoms with Gasteiger partial charge in [-0.05, 0) is 330 Å². The Kier molecular flexibility index (Phi) is 26.1. The maximum atomic E-state index is 13.1. The molecule has 0 saturated heterocycles. The summed E-state index contributed by atoms with van der Waals surface area (Å²) in [7, 11) is 0. The van der Waals surface area contributed by atoms with Gasteiger partial charge in [0.2, 0.25) is 0 Å². The number of carbonyl (C=O) groups excluding carboxylic acids is 3. The van der Waals surface area contributed by atoms with Crippen molar-refractivity contribution in [2.24, 2.45) is 132 Å². The first-order valence-corrected chi connectivity index (χ1v) is 45.4. The van der Waals surface area contributed by atoms with E-state index in [4.69, 9.17) is 31.0 Å². The van der Waals surface area contributed by atoms with E-state index in [9.17, 15) is 39.9 Å². The van der Waals surface area contributed by atoms with Crippen LogP contribution in [0.2, 0.25) is 0 Å². The summed E-state index contributed by atoms with van der Waals surface area (Å²) in [6, 6.07) is 0. The fourth-order valence-corrected chi connectivity index (χ4v) is 28.1. The Morgan fingerprint density at radius 3 is 1.01 bits per heavy atom. The molecular weight excluding hydrogens is 1510 g/mol. The molecule has 12 saturated carbocycles. The van der Waals surface area contributed by atoms with E-state index in [2.05, 4.69) is 140 Å². The quantitative estimate of drug-likeness (QED) is 0.0198. The van der Waals surface area contributed by atoms with E-state index in [1.165, 1.54) is 108 Å². The molecule has 0 heterocycles. The number of ketones is 1. The zero-order valence-corrected chi connectivity index (χ0v) is 72.3. The Bertz CT molecular complexity index is 3390. The molecule has 108 heavy (non-hydrogen) atoms. The normalized spacial score (nSPS) is 48.4. The molecule has 16 aliphatic carbocycles. The van der Waals surface area contributed by atoms with Gasteiger partial charge < -0.3 is 30.3 Å². The van der Waals surface area contributed by atoms with Crippen LogP contribution in [-0.2, 0) is 36.8 Å². The van der Waals surface area contributed by atoms with Crippen molar-refractivity contribution in [3.63, 3.8) is 0 Å². The molecule has 0 aromatic heterocycles. The summed E-state index contributed by atoms with van der Waals surface area (Å²) in [5.74, 6) is 19.6. The number of hydrogen-bond donors (Lipinski definition) is 6. The summed E-state index contributed by atoms with van der Waals surface area (Å²) in [5.41, 5.74) is 3.10. The fraction of sp³-hybridized carbons (Fsp3) is 0.800. The summed E-state index contributed by atoms with van der Waals surface area (Å²) >= 11 is 5.87. The zero-order chi connectivity index (χ0) is 79.8. The molecule has 0 bridgehead atoms. The van der Waals surface area contributed by atoms with Crippen molar-refractivity contribution in [2.75, 3.05) is 0 Å². The molecule has 0 aromatic rings. The predicted molar refractivity (Wildman–Crippen MR) is 436 cm³/mol. The maximum absolute atomic E-state index is 13.1. The molecule has 28 atom stereocenters. The van der Waals surface area contributed by atoms with Crippen molar-refractivity contribution in [1.82, 2.24) is 0 Å². The van der Waals surface area contributed by atoms with Crippen molar-refractivity contribution in [3.05, 3.63) is 46.6 Å². The van der Waals surface area contributed by atoms with E-state index in [0.29, 0.717) is 64.5 Å². The average molecular weight is 1650 g/mol. The van der Waals surface area contributed by atoms with Crippen molar-refractivity contribution in [1.29, 1.82) is 0 Å². The number of aliphatic hydroxyl groups is 5. The molecule has 16 aliphatic rings. The average Bonchev–Trinajstić information content (AvgIpc) is 1.48. The van der Waals surface area contributed by atoms with Gasteiger partial charge in [-0.15, -0.1) is 25.7 Å². The van der Waals surface area contributed by atoms with Crippen LogP contribution in [0.3, 0.4) is 0 Å². The Labute approximate surface area is 672 Å². The second-order valence-electron chi connectivity index (χ2n) is 41.2. The molecule has 0 amide bonds. The van der Waals surface area contributed by atoms with Crippen LogP contribution in [-0.4, -0.2) is 82.6 Å². The number of aliphatic hydroxyl groups excluding tert-OH is 1. The Hall–Kier alpha value is -3.02. The summed E-state index contributed by atoms with van der Waals surface area (Å²) < 4.78 is 3.97. The molecule has 12 unspecified atom stereocenters. The molecule has 11 nitrogen and oxygen atoms in total. The molecule has 16 rings (SSSR count). The molecule has 13 heteroatoms. The van der Waals surface area contributed by atoms with Gasteiger partial charge in [-0.25, -0.2) is 4.89 Å². The van der Waals surface area contributed by atoms with E-state index in [1.807, 2.05) is 6.08 Å². The number of allylic oxidation sites excluding steroid dienone is 7. The van der Waals surface area contributed by atoms with Gasteiger partial charge in [0, 0.05) is 41.4 Å². The van der Waals surface area contributed by atoms with E-state index in [-0.39, 0.29) is 50.4 Å². The third-order valence-electron chi connectivity index (χ3n) is 35.1. The number of halogens is 1. The molecule has 0 aliphatic heterocycles. The van der Waals surface area contributed by atoms with Gasteiger partial charge in [0.15, 0.2) is 5.78 Å². The van der Waals surface area contributed by atoms with Gasteiger partial charge in [-0.1, -0.05) is 140 Å². The van der Waals surface area contributed by atoms with Crippen LogP contribution >= 0.6 is 20.3 Å². The van der Waals surface area contributed by atoms with Crippen molar-refractivity contribution >= 4 is 38.1 Å². The van der Waals surface area contributed by atoms with Crippen LogP contribution in [0, 0.1) is 181 Å². The SMILES string of the molecule is C#C[C@]1(O)CCC2C3C(=O)C=C4C[C@@H](C)CC[C@]4(C)C3CC[C@@]21C.C#C[C@]1(O)CCC2C3CC=C4C[C@@H](C)CC[C@]4(C)C3CC[C@@]21C.C#C[C@]1(O)CCC2C3CC=C4C[C@@H](C)CC[C@]4(C)C3CC[C@@]21C.C#C[C@]1(O)CCC2C3CC=C4C[C@@H](O)CC[C@]4(C)C3CC[C@@]21C.CC(=O)OC(C)=O.CC(C)(C)OO.[Cu][I]. The van der Waals surface area contributed by atoms with E-state index >= 15 is 0 Å². The summed E-state index contributed by atoms with van der Waals surface area (Å²) in [5, 5.41) is 62.0. The molecule has 0 aromatic carbocycles. The van der Waals surface area contributed by atoms with Crippen LogP contribution in [0.5, 0.6) is 0 Å². The first kappa shape index (κ1) is 87.4. The third-order valence-corrected chi connectivity index (χ3v) is 35.1. The van der Waals surface area contributed by atoms with E-state index in [1.54, 1.807) is 52.3 Å². The molecule has 0 radical (unpaired) electrons. The van der Waals surface area contributed by atoms with Gasteiger partial charge in [-0.3, -0.25) is 19.6 Å². The van der Waals surface area contributed by atoms with Crippen LogP contribution in [0.1, 0.15) is 310 Å². The number of esters is 2. The second-order valence-corrected chi connectivity index (χ2v) is 41.2. The molecule has 0 spiro atoms. The molecule has 6 N–H and O–H groups in total. The summed E-state index contributed by atoms with van der Waals surface area (Å²) in [4.78, 5) is 36.7. The van der Waals surface area contributed by atoms with Gasteiger partial charge in [-0.2, -0.15) is 0 Å². The van der Waals surface area contributed by atoms with Crippen LogP contribution in [0.15, 0.2) is 46.6 Å². The number of fused-ring (bicyclic) bond motifs is 20. The Morgan fingerprint density at radius 2 is 0.704 bits per heavy atom. The standard InChI is InChI=1S/C22H30O2.2C22H32O.C21H30O2.C4H6O3.C4H10O2.Cu.HI/c1-5-22(24)11-8-17-19-16(7-10-21(17,22)4)20(3)9-6-14(2)12-15(20)13-18(19)23;2*1-5-22(23)13-10-19-17-7-6-16-14-15(2)8-11-20(16,3)18(17)9-12-21(19,22)4;1-4-21(23)12-9-18-16-6-5-14-13-15(22)7-10-19(14,2)17(16)8-11-20(18,21)3;1-3(5)7-4(2)6;1-4(2,3)6-5;;/h1,13-14,16-17,19,24H,6-12H2,2-4H3;2*1,6,15,17-19,23H,7-14H2,2-4H3;1,5,15-18,22-23H,6-13H2,2-3H3;1-2H3;5H,1-3H3;;1H/q;;;;;;+1;/p-1/t14-,16?,17?,19?,20-,21-,22-;2*15-,17?,18?,19?,20-,21-,22-;15-,16?,17?,18?,19-,20-,21-;;;;/m0000..../s1. The summed E-state index contributed by atoms with van der Waals surface area (Å²) in [6.07, 6.45) is 66.8. The van der Waals surface area contributed by atoms with Crippen molar-refractivity contribution in [3.8, 4) is 49.4 Å². The third kappa shape index (κ3) is 15.0.